The van der Waals surface area contributed by atoms with E-state index in [1.54, 1.807) is 0 Å². The molecule has 0 aromatic carbocycles. The van der Waals surface area contributed by atoms with Gasteiger partial charge in [-0.15, -0.1) is 0 Å². The van der Waals surface area contributed by atoms with Crippen molar-refractivity contribution in [1.82, 2.24) is 0 Å². The van der Waals surface area contributed by atoms with Crippen molar-refractivity contribution in [2.75, 3.05) is 13.2 Å². The number of aldehydes is 2. The molecule has 2 unspecified atom stereocenters. The fraction of sp³-hybridized carbons (Fsp3) is 0.917. The molecule has 2 rings (SSSR count). The van der Waals surface area contributed by atoms with E-state index in [0.717, 1.165) is 129 Å². The van der Waals surface area contributed by atoms with E-state index in [-0.39, 0.29) is 0 Å². The van der Waals surface area contributed by atoms with Crippen LogP contribution in [0.3, 0.4) is 0 Å². The van der Waals surface area contributed by atoms with Crippen molar-refractivity contribution >= 4 is 12.6 Å². The third kappa shape index (κ3) is 9.27. The Morgan fingerprint density at radius 1 is 0.621 bits per heavy atom. The predicted octanol–water partition coefficient (Wildman–Crippen LogP) is 5.88. The van der Waals surface area contributed by atoms with Gasteiger partial charge in [0.25, 0.3) is 0 Å². The summed E-state index contributed by atoms with van der Waals surface area (Å²) in [5, 5.41) is 0. The molecule has 5 heteroatoms. The van der Waals surface area contributed by atoms with E-state index in [4.69, 9.17) is 14.2 Å². The molecule has 2 heterocycles. The Labute approximate surface area is 177 Å². The van der Waals surface area contributed by atoms with Crippen LogP contribution in [0, 0.1) is 0 Å². The van der Waals surface area contributed by atoms with E-state index < -0.39 is 11.6 Å². The second-order valence-electron chi connectivity index (χ2n) is 8.77. The van der Waals surface area contributed by atoms with Crippen molar-refractivity contribution in [3.05, 3.63) is 0 Å². The number of rotatable bonds is 16. The molecule has 2 aliphatic rings. The number of ether oxygens (including phenoxy) is 3. The Hall–Kier alpha value is -0.780. The summed E-state index contributed by atoms with van der Waals surface area (Å²) >= 11 is 0. The summed E-state index contributed by atoms with van der Waals surface area (Å²) in [6, 6.07) is 0. The van der Waals surface area contributed by atoms with Gasteiger partial charge in [-0.05, 0) is 51.4 Å². The smallest absolute Gasteiger partial charge is 0.171 e. The SMILES string of the molecule is O=CCCCCCCC1(OC2(CCCCCCC=O)CCCCO2)CCCCO1. The molecule has 29 heavy (non-hydrogen) atoms. The van der Waals surface area contributed by atoms with Crippen LogP contribution in [0.5, 0.6) is 0 Å². The largest absolute Gasteiger partial charge is 0.350 e. The van der Waals surface area contributed by atoms with E-state index >= 15 is 0 Å². The molecule has 5 nitrogen and oxygen atoms in total. The van der Waals surface area contributed by atoms with Gasteiger partial charge in [-0.2, -0.15) is 0 Å². The molecular weight excluding hydrogens is 368 g/mol. The average Bonchev–Trinajstić information content (AvgIpc) is 2.74. The zero-order chi connectivity index (χ0) is 20.7. The average molecular weight is 411 g/mol. The van der Waals surface area contributed by atoms with Crippen LogP contribution in [-0.2, 0) is 23.8 Å². The summed E-state index contributed by atoms with van der Waals surface area (Å²) in [4.78, 5) is 21.0. The molecule has 0 aromatic heterocycles. The van der Waals surface area contributed by atoms with Crippen LogP contribution in [-0.4, -0.2) is 37.4 Å². The van der Waals surface area contributed by atoms with Crippen LogP contribution in [0.15, 0.2) is 0 Å². The van der Waals surface area contributed by atoms with E-state index in [0.29, 0.717) is 12.8 Å². The molecule has 0 bridgehead atoms. The fourth-order valence-corrected chi connectivity index (χ4v) is 4.60. The van der Waals surface area contributed by atoms with Crippen LogP contribution in [0.1, 0.15) is 116 Å². The molecule has 2 atom stereocenters. The first-order valence-electron chi connectivity index (χ1n) is 12.1. The number of hydrogen-bond donors (Lipinski definition) is 0. The van der Waals surface area contributed by atoms with E-state index in [9.17, 15) is 9.59 Å². The molecule has 0 spiro atoms. The summed E-state index contributed by atoms with van der Waals surface area (Å²) in [6.07, 6.45) is 20.1. The Morgan fingerprint density at radius 2 is 1.07 bits per heavy atom. The Balaban J connectivity index is 1.88. The minimum absolute atomic E-state index is 0.502. The number of carbonyl (C=O) groups excluding carboxylic acids is 2. The van der Waals surface area contributed by atoms with E-state index in [2.05, 4.69) is 0 Å². The lowest BCUT2D eigenvalue weighted by atomic mass is 9.94. The lowest BCUT2D eigenvalue weighted by Crippen LogP contribution is -2.51. The van der Waals surface area contributed by atoms with Gasteiger partial charge in [0.15, 0.2) is 11.6 Å². The summed E-state index contributed by atoms with van der Waals surface area (Å²) in [7, 11) is 0. The highest BCUT2D eigenvalue weighted by atomic mass is 16.8. The molecule has 0 radical (unpaired) electrons. The standard InChI is InChI=1S/C24H42O5/c25-19-11-5-1-3-7-15-23(17-9-13-21-27-23)29-24(18-10-14-22-28-24)16-8-4-2-6-12-20-26/h19-20H,1-18,21-22H2. The molecule has 0 N–H and O–H groups in total. The second kappa shape index (κ2) is 14.3. The normalized spacial score (nSPS) is 27.6. The Kier molecular flexibility index (Phi) is 12.0. The van der Waals surface area contributed by atoms with Gasteiger partial charge < -0.3 is 23.8 Å². The van der Waals surface area contributed by atoms with E-state index in [1.807, 2.05) is 0 Å². The quantitative estimate of drug-likeness (QED) is 0.235. The molecule has 0 aromatic rings. The first-order chi connectivity index (χ1) is 14.2. The molecule has 0 aliphatic carbocycles. The highest BCUT2D eigenvalue weighted by Crippen LogP contribution is 2.41. The molecule has 0 saturated carbocycles. The predicted molar refractivity (Wildman–Crippen MR) is 114 cm³/mol. The highest BCUT2D eigenvalue weighted by molar-refractivity contribution is 5.49. The number of carbonyl (C=O) groups is 2. The van der Waals surface area contributed by atoms with Gasteiger partial charge in [-0.1, -0.05) is 25.7 Å². The molecule has 0 amide bonds. The maximum Gasteiger partial charge on any atom is 0.171 e. The van der Waals surface area contributed by atoms with Gasteiger partial charge in [0.05, 0.1) is 13.2 Å². The first-order valence-corrected chi connectivity index (χ1v) is 12.1. The first kappa shape index (κ1) is 24.5. The number of unbranched alkanes of at least 4 members (excludes halogenated alkanes) is 8. The van der Waals surface area contributed by atoms with Crippen molar-refractivity contribution in [2.24, 2.45) is 0 Å². The van der Waals surface area contributed by atoms with Crippen molar-refractivity contribution in [2.45, 2.75) is 127 Å². The van der Waals surface area contributed by atoms with Crippen LogP contribution in [0.25, 0.3) is 0 Å². The van der Waals surface area contributed by atoms with Crippen LogP contribution in [0.4, 0.5) is 0 Å². The minimum Gasteiger partial charge on any atom is -0.350 e. The summed E-state index contributed by atoms with van der Waals surface area (Å²) in [5.41, 5.74) is 0. The molecule has 168 valence electrons. The van der Waals surface area contributed by atoms with Crippen molar-refractivity contribution < 1.29 is 23.8 Å². The van der Waals surface area contributed by atoms with Gasteiger partial charge in [0.2, 0.25) is 0 Å². The Bertz CT molecular complexity index is 399. The zero-order valence-corrected chi connectivity index (χ0v) is 18.3. The topological polar surface area (TPSA) is 61.8 Å². The van der Waals surface area contributed by atoms with Crippen LogP contribution >= 0.6 is 0 Å². The number of hydrogen-bond acceptors (Lipinski definition) is 5. The summed E-state index contributed by atoms with van der Waals surface area (Å²) < 4.78 is 19.4. The van der Waals surface area contributed by atoms with Crippen molar-refractivity contribution in [1.29, 1.82) is 0 Å². The molecular formula is C24H42O5. The summed E-state index contributed by atoms with van der Waals surface area (Å²) in [6.45, 7) is 1.54. The second-order valence-corrected chi connectivity index (χ2v) is 8.77. The Morgan fingerprint density at radius 3 is 1.45 bits per heavy atom. The molecule has 2 saturated heterocycles. The molecule has 2 fully saturated rings. The molecule has 2 aliphatic heterocycles. The lowest BCUT2D eigenvalue weighted by Gasteiger charge is -2.47. The van der Waals surface area contributed by atoms with E-state index in [1.165, 1.54) is 0 Å². The van der Waals surface area contributed by atoms with Crippen molar-refractivity contribution in [3.8, 4) is 0 Å². The zero-order valence-electron chi connectivity index (χ0n) is 18.3. The lowest BCUT2D eigenvalue weighted by molar-refractivity contribution is -0.380. The van der Waals surface area contributed by atoms with Gasteiger partial charge in [0, 0.05) is 38.5 Å². The van der Waals surface area contributed by atoms with Gasteiger partial charge >= 0.3 is 0 Å². The fourth-order valence-electron chi connectivity index (χ4n) is 4.60. The van der Waals surface area contributed by atoms with Gasteiger partial charge in [0.1, 0.15) is 12.6 Å². The van der Waals surface area contributed by atoms with Crippen LogP contribution in [0.2, 0.25) is 0 Å². The highest BCUT2D eigenvalue weighted by Gasteiger charge is 2.44. The minimum atomic E-state index is -0.502. The summed E-state index contributed by atoms with van der Waals surface area (Å²) in [5.74, 6) is -1.00. The van der Waals surface area contributed by atoms with Crippen LogP contribution < -0.4 is 0 Å². The third-order valence-electron chi connectivity index (χ3n) is 6.27. The maximum atomic E-state index is 10.5. The maximum absolute atomic E-state index is 10.5. The van der Waals surface area contributed by atoms with Gasteiger partial charge in [-0.25, -0.2) is 0 Å². The van der Waals surface area contributed by atoms with Crippen molar-refractivity contribution in [3.63, 3.8) is 0 Å². The third-order valence-corrected chi connectivity index (χ3v) is 6.27. The van der Waals surface area contributed by atoms with Gasteiger partial charge in [-0.3, -0.25) is 0 Å². The monoisotopic (exact) mass is 410 g/mol.